The molecule has 1 aromatic rings. The fourth-order valence-corrected chi connectivity index (χ4v) is 5.10. The van der Waals surface area contributed by atoms with Crippen molar-refractivity contribution in [2.45, 2.75) is 50.7 Å². The number of unbranched alkanes of at least 4 members (excludes halogenated alkanes) is 1. The van der Waals surface area contributed by atoms with Gasteiger partial charge in [-0.15, -0.1) is 0 Å². The Hall–Kier alpha value is -1.95. The second-order valence-corrected chi connectivity index (χ2v) is 7.98. The first-order valence-electron chi connectivity index (χ1n) is 10.0. The van der Waals surface area contributed by atoms with Crippen LogP contribution < -0.4 is 10.2 Å². The zero-order valence-electron chi connectivity index (χ0n) is 15.9. The van der Waals surface area contributed by atoms with E-state index < -0.39 is 0 Å². The summed E-state index contributed by atoms with van der Waals surface area (Å²) in [6, 6.07) is 3.07. The molecule has 0 aliphatic carbocycles. The van der Waals surface area contributed by atoms with E-state index in [2.05, 4.69) is 16.4 Å². The van der Waals surface area contributed by atoms with E-state index >= 15 is 0 Å². The number of nitrogens with one attached hydrogen (secondary N) is 1. The Kier molecular flexibility index (Phi) is 5.17. The van der Waals surface area contributed by atoms with Crippen LogP contribution in [-0.4, -0.2) is 42.2 Å². The lowest BCUT2D eigenvalue weighted by atomic mass is 9.73. The molecule has 1 spiro atoms. The van der Waals surface area contributed by atoms with Crippen molar-refractivity contribution in [3.05, 3.63) is 36.3 Å². The Morgan fingerprint density at radius 3 is 3.26 bits per heavy atom. The van der Waals surface area contributed by atoms with Crippen molar-refractivity contribution in [2.75, 3.05) is 24.5 Å². The smallest absolute Gasteiger partial charge is 0.220 e. The molecule has 0 unspecified atom stereocenters. The van der Waals surface area contributed by atoms with Gasteiger partial charge in [-0.3, -0.25) is 4.79 Å². The van der Waals surface area contributed by atoms with Gasteiger partial charge in [0.25, 0.3) is 0 Å². The summed E-state index contributed by atoms with van der Waals surface area (Å²) in [5.41, 5.74) is -0.198. The van der Waals surface area contributed by atoms with Crippen LogP contribution in [0.5, 0.6) is 0 Å². The topological polar surface area (TPSA) is 54.5 Å². The van der Waals surface area contributed by atoms with Gasteiger partial charge in [0, 0.05) is 44.1 Å². The van der Waals surface area contributed by atoms with Gasteiger partial charge >= 0.3 is 0 Å². The van der Waals surface area contributed by atoms with Crippen LogP contribution in [0.15, 0.2) is 30.5 Å². The summed E-state index contributed by atoms with van der Waals surface area (Å²) in [6.07, 6.45) is 10.4. The Labute approximate surface area is 160 Å². The number of hydrogen-bond donors (Lipinski definition) is 1. The second-order valence-electron chi connectivity index (χ2n) is 7.98. The van der Waals surface area contributed by atoms with Gasteiger partial charge in [-0.05, 0) is 44.7 Å². The molecular formula is C21H28FN3O2. The number of nitrogens with zero attached hydrogens (tertiary/aromatic N) is 2. The van der Waals surface area contributed by atoms with Crippen LogP contribution in [0.2, 0.25) is 0 Å². The average molecular weight is 373 g/mol. The van der Waals surface area contributed by atoms with E-state index in [1.807, 2.05) is 17.9 Å². The van der Waals surface area contributed by atoms with Gasteiger partial charge in [-0.2, -0.15) is 0 Å². The molecule has 0 radical (unpaired) electrons. The Morgan fingerprint density at radius 2 is 2.44 bits per heavy atom. The molecule has 1 aromatic heterocycles. The third-order valence-electron chi connectivity index (χ3n) is 6.37. The van der Waals surface area contributed by atoms with Gasteiger partial charge in [0.1, 0.15) is 0 Å². The molecule has 1 N–H and O–H groups in total. The molecule has 3 aliphatic heterocycles. The van der Waals surface area contributed by atoms with Crippen molar-refractivity contribution in [2.24, 2.45) is 11.8 Å². The summed E-state index contributed by atoms with van der Waals surface area (Å²) in [7, 11) is 0. The number of ether oxygens (including phenoxy) is 1. The number of carbonyl (C=O) groups excluding carboxylic acids is 1. The molecule has 4 heterocycles. The Balaban J connectivity index is 1.37. The standard InChI is InChI=1S/C21H28FN3O2/c1-2-3-4-5-8-19(26)24-12-15-16-13-25(20-17(22)7-6-11-23-20)14-21(16)10-9-18(15)27-21/h2-3,6-7,11,15-16,18H,4-5,8-10,12-14H2,1H3,(H,24,26)/t15-,16+,18+,21+/m0/s1. The van der Waals surface area contributed by atoms with Crippen LogP contribution >= 0.6 is 0 Å². The first kappa shape index (κ1) is 18.4. The summed E-state index contributed by atoms with van der Waals surface area (Å²) < 4.78 is 20.6. The van der Waals surface area contributed by atoms with Gasteiger partial charge in [0.05, 0.1) is 11.7 Å². The average Bonchev–Trinajstić information content (AvgIpc) is 3.32. The summed E-state index contributed by atoms with van der Waals surface area (Å²) in [5, 5.41) is 3.11. The zero-order valence-corrected chi connectivity index (χ0v) is 15.9. The largest absolute Gasteiger partial charge is 0.369 e. The highest BCUT2D eigenvalue weighted by Crippen LogP contribution is 2.55. The number of anilines is 1. The molecule has 146 valence electrons. The van der Waals surface area contributed by atoms with Crippen LogP contribution in [-0.2, 0) is 9.53 Å². The third-order valence-corrected chi connectivity index (χ3v) is 6.37. The number of allylic oxidation sites excluding steroid dienone is 2. The van der Waals surface area contributed by atoms with E-state index in [0.29, 0.717) is 37.2 Å². The minimum absolute atomic E-state index is 0.113. The van der Waals surface area contributed by atoms with Crippen molar-refractivity contribution < 1.29 is 13.9 Å². The molecule has 1 amide bonds. The van der Waals surface area contributed by atoms with Crippen LogP contribution in [0.3, 0.4) is 0 Å². The van der Waals surface area contributed by atoms with E-state index in [1.54, 1.807) is 12.3 Å². The van der Waals surface area contributed by atoms with Crippen molar-refractivity contribution in [1.82, 2.24) is 10.3 Å². The predicted octanol–water partition coefficient (Wildman–Crippen LogP) is 3.07. The fraction of sp³-hybridized carbons (Fsp3) is 0.619. The van der Waals surface area contributed by atoms with Gasteiger partial charge in [0.15, 0.2) is 11.6 Å². The maximum absolute atomic E-state index is 14.2. The Bertz CT molecular complexity index is 725. The van der Waals surface area contributed by atoms with Gasteiger partial charge < -0.3 is 15.0 Å². The minimum atomic E-state index is -0.283. The van der Waals surface area contributed by atoms with Crippen LogP contribution in [0.4, 0.5) is 10.2 Å². The van der Waals surface area contributed by atoms with Crippen LogP contribution in [0.25, 0.3) is 0 Å². The lowest BCUT2D eigenvalue weighted by Gasteiger charge is -2.29. The number of fused-ring (bicyclic) bond motifs is 1. The quantitative estimate of drug-likeness (QED) is 0.590. The highest BCUT2D eigenvalue weighted by atomic mass is 19.1. The minimum Gasteiger partial charge on any atom is -0.369 e. The molecule has 27 heavy (non-hydrogen) atoms. The zero-order chi connectivity index (χ0) is 18.9. The Morgan fingerprint density at radius 1 is 1.56 bits per heavy atom. The van der Waals surface area contributed by atoms with Gasteiger partial charge in [0.2, 0.25) is 5.91 Å². The number of aromatic nitrogens is 1. The number of halogens is 1. The summed E-state index contributed by atoms with van der Waals surface area (Å²) in [6.45, 7) is 4.08. The van der Waals surface area contributed by atoms with Gasteiger partial charge in [-0.1, -0.05) is 12.2 Å². The van der Waals surface area contributed by atoms with Crippen LogP contribution in [0.1, 0.15) is 39.0 Å². The molecule has 0 aromatic carbocycles. The number of hydrogen-bond acceptors (Lipinski definition) is 4. The third kappa shape index (κ3) is 3.47. The van der Waals surface area contributed by atoms with E-state index in [0.717, 1.165) is 32.2 Å². The SMILES string of the molecule is CC=CCCCC(=O)NC[C@H]1[C@H]2CN(c3ncccc3F)C[C@]23CC[C@H]1O3. The molecule has 3 fully saturated rings. The molecule has 4 rings (SSSR count). The number of amides is 1. The highest BCUT2D eigenvalue weighted by Gasteiger charge is 2.63. The van der Waals surface area contributed by atoms with Crippen molar-refractivity contribution in [1.29, 1.82) is 0 Å². The monoisotopic (exact) mass is 373 g/mol. The predicted molar refractivity (Wildman–Crippen MR) is 102 cm³/mol. The molecule has 5 nitrogen and oxygen atoms in total. The van der Waals surface area contributed by atoms with Crippen molar-refractivity contribution >= 4 is 11.7 Å². The fourth-order valence-electron chi connectivity index (χ4n) is 5.10. The van der Waals surface area contributed by atoms with Crippen LogP contribution in [0, 0.1) is 17.7 Å². The van der Waals surface area contributed by atoms with E-state index in [-0.39, 0.29) is 23.4 Å². The maximum Gasteiger partial charge on any atom is 0.220 e. The summed E-state index contributed by atoms with van der Waals surface area (Å²) >= 11 is 0. The molecule has 3 aliphatic rings. The highest BCUT2D eigenvalue weighted by molar-refractivity contribution is 5.75. The lowest BCUT2D eigenvalue weighted by Crippen LogP contribution is -2.41. The van der Waals surface area contributed by atoms with Crippen molar-refractivity contribution in [3.63, 3.8) is 0 Å². The number of pyridine rings is 1. The molecule has 0 saturated carbocycles. The lowest BCUT2D eigenvalue weighted by molar-refractivity contribution is -0.121. The molecule has 3 saturated heterocycles. The summed E-state index contributed by atoms with van der Waals surface area (Å²) in [5.74, 6) is 0.868. The molecule has 6 heteroatoms. The first-order chi connectivity index (χ1) is 13.1. The van der Waals surface area contributed by atoms with E-state index in [9.17, 15) is 9.18 Å². The van der Waals surface area contributed by atoms with E-state index in [4.69, 9.17) is 4.74 Å². The van der Waals surface area contributed by atoms with Crippen molar-refractivity contribution in [3.8, 4) is 0 Å². The molecule has 2 bridgehead atoms. The maximum atomic E-state index is 14.2. The molecular weight excluding hydrogens is 345 g/mol. The number of carbonyl (C=O) groups is 1. The number of rotatable bonds is 7. The first-order valence-corrected chi connectivity index (χ1v) is 10.0. The molecule has 4 atom stereocenters. The summed E-state index contributed by atoms with van der Waals surface area (Å²) in [4.78, 5) is 18.4. The second kappa shape index (κ2) is 7.58. The van der Waals surface area contributed by atoms with E-state index in [1.165, 1.54) is 6.07 Å². The normalized spacial score (nSPS) is 31.6. The van der Waals surface area contributed by atoms with Gasteiger partial charge in [-0.25, -0.2) is 9.37 Å².